The number of carbonyl (C=O) groups is 2. The standard InChI is InChI=1S/C24H30BrN3O3S/c1-5-13-28(14-6-2)23(30)17-7-10-19(11-8-17)26-24(32)27-22(29)20-15-18(25)9-12-21(20)31-16(3)4/h7-12,15-16H,5-6,13-14H2,1-4H3,(H2,26,27,29,32). The minimum Gasteiger partial charge on any atom is -0.490 e. The lowest BCUT2D eigenvalue weighted by Crippen LogP contribution is -2.34. The van der Waals surface area contributed by atoms with Crippen LogP contribution in [0.2, 0.25) is 0 Å². The van der Waals surface area contributed by atoms with Crippen molar-refractivity contribution in [2.75, 3.05) is 18.4 Å². The molecule has 8 heteroatoms. The van der Waals surface area contributed by atoms with Gasteiger partial charge in [-0.05, 0) is 81.4 Å². The Morgan fingerprint density at radius 3 is 2.25 bits per heavy atom. The highest BCUT2D eigenvalue weighted by Gasteiger charge is 2.17. The summed E-state index contributed by atoms with van der Waals surface area (Å²) >= 11 is 8.68. The highest BCUT2D eigenvalue weighted by molar-refractivity contribution is 9.10. The summed E-state index contributed by atoms with van der Waals surface area (Å²) in [6.45, 7) is 9.39. The van der Waals surface area contributed by atoms with Crippen LogP contribution in [-0.2, 0) is 0 Å². The Hall–Kier alpha value is -2.45. The van der Waals surface area contributed by atoms with Gasteiger partial charge >= 0.3 is 0 Å². The smallest absolute Gasteiger partial charge is 0.261 e. The minimum atomic E-state index is -0.374. The van der Waals surface area contributed by atoms with E-state index < -0.39 is 0 Å². The van der Waals surface area contributed by atoms with E-state index in [1.807, 2.05) is 24.8 Å². The lowest BCUT2D eigenvalue weighted by Gasteiger charge is -2.21. The van der Waals surface area contributed by atoms with Crippen LogP contribution in [0.15, 0.2) is 46.9 Å². The van der Waals surface area contributed by atoms with Gasteiger partial charge in [-0.2, -0.15) is 0 Å². The van der Waals surface area contributed by atoms with E-state index in [1.54, 1.807) is 36.4 Å². The van der Waals surface area contributed by atoms with Crippen molar-refractivity contribution >= 4 is 50.8 Å². The second kappa shape index (κ2) is 12.6. The van der Waals surface area contributed by atoms with Crippen molar-refractivity contribution in [1.82, 2.24) is 10.2 Å². The largest absolute Gasteiger partial charge is 0.490 e. The molecule has 6 nitrogen and oxygen atoms in total. The Labute approximate surface area is 203 Å². The molecule has 0 fully saturated rings. The number of anilines is 1. The highest BCUT2D eigenvalue weighted by Crippen LogP contribution is 2.24. The number of nitrogens with one attached hydrogen (secondary N) is 2. The fourth-order valence-corrected chi connectivity index (χ4v) is 3.67. The topological polar surface area (TPSA) is 70.7 Å². The molecule has 0 atom stereocenters. The Morgan fingerprint density at radius 2 is 1.69 bits per heavy atom. The maximum Gasteiger partial charge on any atom is 0.261 e. The lowest BCUT2D eigenvalue weighted by atomic mass is 10.1. The number of amides is 2. The first-order valence-corrected chi connectivity index (χ1v) is 11.9. The van der Waals surface area contributed by atoms with E-state index in [0.717, 1.165) is 30.4 Å². The normalized spacial score (nSPS) is 10.6. The van der Waals surface area contributed by atoms with Crippen LogP contribution >= 0.6 is 28.1 Å². The summed E-state index contributed by atoms with van der Waals surface area (Å²) in [6.07, 6.45) is 1.77. The molecule has 0 aliphatic carbocycles. The molecule has 0 aliphatic rings. The number of nitrogens with zero attached hydrogens (tertiary/aromatic N) is 1. The average molecular weight is 520 g/mol. The van der Waals surface area contributed by atoms with Crippen molar-refractivity contribution in [2.45, 2.75) is 46.6 Å². The molecule has 0 aliphatic heterocycles. The van der Waals surface area contributed by atoms with Gasteiger partial charge in [-0.25, -0.2) is 0 Å². The molecule has 0 bridgehead atoms. The van der Waals surface area contributed by atoms with Crippen LogP contribution in [0.25, 0.3) is 0 Å². The molecule has 0 heterocycles. The molecule has 2 aromatic rings. The van der Waals surface area contributed by atoms with Crippen LogP contribution in [0.1, 0.15) is 61.3 Å². The molecular weight excluding hydrogens is 490 g/mol. The van der Waals surface area contributed by atoms with Gasteiger partial charge in [-0.3, -0.25) is 14.9 Å². The Kier molecular flexibility index (Phi) is 10.1. The molecule has 2 aromatic carbocycles. The van der Waals surface area contributed by atoms with E-state index in [0.29, 0.717) is 22.6 Å². The van der Waals surface area contributed by atoms with Gasteiger partial charge in [-0.1, -0.05) is 29.8 Å². The molecule has 2 amide bonds. The minimum absolute atomic E-state index is 0.0171. The van der Waals surface area contributed by atoms with Crippen LogP contribution in [0, 0.1) is 0 Å². The van der Waals surface area contributed by atoms with Crippen molar-refractivity contribution in [1.29, 1.82) is 0 Å². The van der Waals surface area contributed by atoms with Crippen molar-refractivity contribution in [3.63, 3.8) is 0 Å². The summed E-state index contributed by atoms with van der Waals surface area (Å²) in [5, 5.41) is 5.82. The number of rotatable bonds is 9. The zero-order valence-corrected chi connectivity index (χ0v) is 21.3. The van der Waals surface area contributed by atoms with Crippen molar-refractivity contribution in [3.05, 3.63) is 58.1 Å². The number of hydrogen-bond donors (Lipinski definition) is 2. The molecular formula is C24H30BrN3O3S. The van der Waals surface area contributed by atoms with Crippen LogP contribution in [0.4, 0.5) is 5.69 Å². The predicted octanol–water partition coefficient (Wildman–Crippen LogP) is 5.63. The van der Waals surface area contributed by atoms with Gasteiger partial charge in [0.25, 0.3) is 11.8 Å². The van der Waals surface area contributed by atoms with Gasteiger partial charge in [0.15, 0.2) is 5.11 Å². The van der Waals surface area contributed by atoms with Crippen LogP contribution in [0.5, 0.6) is 5.75 Å². The van der Waals surface area contributed by atoms with E-state index in [1.165, 1.54) is 0 Å². The third kappa shape index (κ3) is 7.60. The van der Waals surface area contributed by atoms with Gasteiger partial charge in [0.1, 0.15) is 5.75 Å². The summed E-state index contributed by atoms with van der Waals surface area (Å²) in [4.78, 5) is 27.3. The maximum absolute atomic E-state index is 12.8. The molecule has 0 spiro atoms. The molecule has 2 rings (SSSR count). The Morgan fingerprint density at radius 1 is 1.06 bits per heavy atom. The fourth-order valence-electron chi connectivity index (χ4n) is 3.10. The van der Waals surface area contributed by atoms with Crippen LogP contribution in [-0.4, -0.2) is 41.0 Å². The molecule has 0 radical (unpaired) electrons. The summed E-state index contributed by atoms with van der Waals surface area (Å²) in [5.74, 6) is 0.125. The molecule has 0 saturated heterocycles. The second-order valence-corrected chi connectivity index (χ2v) is 8.91. The zero-order chi connectivity index (χ0) is 23.7. The van der Waals surface area contributed by atoms with E-state index in [4.69, 9.17) is 17.0 Å². The van der Waals surface area contributed by atoms with Gasteiger partial charge < -0.3 is 15.0 Å². The average Bonchev–Trinajstić information content (AvgIpc) is 2.74. The third-order valence-electron chi connectivity index (χ3n) is 4.44. The number of carbonyl (C=O) groups excluding carboxylic acids is 2. The molecule has 0 aromatic heterocycles. The van der Waals surface area contributed by atoms with Crippen molar-refractivity contribution in [3.8, 4) is 5.75 Å². The maximum atomic E-state index is 12.8. The van der Waals surface area contributed by atoms with Crippen LogP contribution < -0.4 is 15.4 Å². The number of benzene rings is 2. The number of ether oxygens (including phenoxy) is 1. The first-order valence-electron chi connectivity index (χ1n) is 10.7. The van der Waals surface area contributed by atoms with Gasteiger partial charge in [0.2, 0.25) is 0 Å². The monoisotopic (exact) mass is 519 g/mol. The fraction of sp³-hybridized carbons (Fsp3) is 0.375. The molecule has 0 unspecified atom stereocenters. The summed E-state index contributed by atoms with van der Waals surface area (Å²) in [7, 11) is 0. The van der Waals surface area contributed by atoms with Crippen LogP contribution in [0.3, 0.4) is 0 Å². The van der Waals surface area contributed by atoms with Gasteiger partial charge in [-0.15, -0.1) is 0 Å². The Balaban J connectivity index is 2.04. The van der Waals surface area contributed by atoms with Crippen molar-refractivity contribution in [2.24, 2.45) is 0 Å². The lowest BCUT2D eigenvalue weighted by molar-refractivity contribution is 0.0755. The van der Waals surface area contributed by atoms with Crippen molar-refractivity contribution < 1.29 is 14.3 Å². The zero-order valence-electron chi connectivity index (χ0n) is 18.9. The second-order valence-electron chi connectivity index (χ2n) is 7.58. The summed E-state index contributed by atoms with van der Waals surface area (Å²) < 4.78 is 6.49. The third-order valence-corrected chi connectivity index (χ3v) is 5.14. The van der Waals surface area contributed by atoms with Gasteiger partial charge in [0.05, 0.1) is 11.7 Å². The number of thiocarbonyl (C=S) groups is 1. The SMILES string of the molecule is CCCN(CCC)C(=O)c1ccc(NC(=S)NC(=O)c2cc(Br)ccc2OC(C)C)cc1. The predicted molar refractivity (Wildman–Crippen MR) is 137 cm³/mol. The number of halogens is 1. The first kappa shape index (κ1) is 25.8. The van der Waals surface area contributed by atoms with Gasteiger partial charge in [0, 0.05) is 28.8 Å². The molecule has 2 N–H and O–H groups in total. The molecule has 32 heavy (non-hydrogen) atoms. The van der Waals surface area contributed by atoms with E-state index in [-0.39, 0.29) is 23.0 Å². The summed E-state index contributed by atoms with van der Waals surface area (Å²) in [6, 6.07) is 12.3. The molecule has 172 valence electrons. The summed E-state index contributed by atoms with van der Waals surface area (Å²) in [5.41, 5.74) is 1.68. The highest BCUT2D eigenvalue weighted by atomic mass is 79.9. The van der Waals surface area contributed by atoms with E-state index in [9.17, 15) is 9.59 Å². The molecule has 0 saturated carbocycles. The van der Waals surface area contributed by atoms with E-state index >= 15 is 0 Å². The Bertz CT molecular complexity index is 942. The number of hydrogen-bond acceptors (Lipinski definition) is 4. The quantitative estimate of drug-likeness (QED) is 0.420. The first-order chi connectivity index (χ1) is 15.2. The van der Waals surface area contributed by atoms with E-state index in [2.05, 4.69) is 40.4 Å².